The molecule has 1 saturated heterocycles. The summed E-state index contributed by atoms with van der Waals surface area (Å²) in [4.78, 5) is 14.4. The van der Waals surface area contributed by atoms with Crippen molar-refractivity contribution in [2.75, 3.05) is 6.54 Å². The molecule has 0 saturated carbocycles. The molecule has 0 N–H and O–H groups in total. The van der Waals surface area contributed by atoms with Crippen LogP contribution in [-0.4, -0.2) is 17.4 Å². The van der Waals surface area contributed by atoms with Gasteiger partial charge < -0.3 is 9.32 Å². The van der Waals surface area contributed by atoms with Gasteiger partial charge in [0, 0.05) is 11.6 Å². The highest BCUT2D eigenvalue weighted by Crippen LogP contribution is 2.32. The van der Waals surface area contributed by atoms with E-state index in [0.717, 1.165) is 30.7 Å². The molecule has 4 heteroatoms. The zero-order valence-corrected chi connectivity index (χ0v) is 11.8. The Bertz CT molecular complexity index is 577. The van der Waals surface area contributed by atoms with Gasteiger partial charge in [0.05, 0.1) is 18.7 Å². The predicted molar refractivity (Wildman–Crippen MR) is 77.6 cm³/mol. The van der Waals surface area contributed by atoms with Gasteiger partial charge in [-0.15, -0.1) is 0 Å². The average molecular weight is 290 g/mol. The van der Waals surface area contributed by atoms with Crippen LogP contribution in [0.3, 0.4) is 0 Å². The van der Waals surface area contributed by atoms with Gasteiger partial charge in [0.25, 0.3) is 0 Å². The number of hydrogen-bond acceptors (Lipinski definition) is 2. The van der Waals surface area contributed by atoms with Gasteiger partial charge in [0.15, 0.2) is 0 Å². The first-order chi connectivity index (χ1) is 9.74. The van der Waals surface area contributed by atoms with E-state index in [2.05, 4.69) is 0 Å². The predicted octanol–water partition coefficient (Wildman–Crippen LogP) is 3.84. The van der Waals surface area contributed by atoms with Crippen LogP contribution >= 0.6 is 11.6 Å². The van der Waals surface area contributed by atoms with Crippen LogP contribution in [0, 0.1) is 0 Å². The third-order valence-corrected chi connectivity index (χ3v) is 3.97. The van der Waals surface area contributed by atoms with Gasteiger partial charge in [0.1, 0.15) is 5.76 Å². The standard InChI is InChI=1S/C16H16ClNO2/c17-13-7-5-12(6-8-13)11-16(19)18-9-1-3-14(18)15-4-2-10-20-15/h2,4-8,10,14H,1,3,9,11H2. The Morgan fingerprint density at radius 3 is 2.80 bits per heavy atom. The van der Waals surface area contributed by atoms with E-state index in [9.17, 15) is 4.79 Å². The highest BCUT2D eigenvalue weighted by atomic mass is 35.5. The number of nitrogens with zero attached hydrogens (tertiary/aromatic N) is 1. The maximum atomic E-state index is 12.5. The zero-order chi connectivity index (χ0) is 13.9. The Kier molecular flexibility index (Phi) is 3.79. The summed E-state index contributed by atoms with van der Waals surface area (Å²) >= 11 is 5.86. The molecule has 0 spiro atoms. The highest BCUT2D eigenvalue weighted by molar-refractivity contribution is 6.30. The van der Waals surface area contributed by atoms with E-state index in [1.807, 2.05) is 41.3 Å². The maximum absolute atomic E-state index is 12.5. The summed E-state index contributed by atoms with van der Waals surface area (Å²) in [6.07, 6.45) is 4.07. The summed E-state index contributed by atoms with van der Waals surface area (Å²) in [6.45, 7) is 0.803. The lowest BCUT2D eigenvalue weighted by molar-refractivity contribution is -0.131. The van der Waals surface area contributed by atoms with Gasteiger partial charge in [-0.25, -0.2) is 0 Å². The second kappa shape index (κ2) is 5.71. The first kappa shape index (κ1) is 13.3. The Morgan fingerprint density at radius 2 is 2.10 bits per heavy atom. The fraction of sp³-hybridized carbons (Fsp3) is 0.312. The van der Waals surface area contributed by atoms with Crippen molar-refractivity contribution in [3.63, 3.8) is 0 Å². The quantitative estimate of drug-likeness (QED) is 0.860. The Balaban J connectivity index is 1.71. The van der Waals surface area contributed by atoms with Crippen LogP contribution < -0.4 is 0 Å². The van der Waals surface area contributed by atoms with Crippen molar-refractivity contribution in [1.82, 2.24) is 4.90 Å². The number of carbonyl (C=O) groups is 1. The van der Waals surface area contributed by atoms with Crippen LogP contribution in [0.1, 0.15) is 30.2 Å². The molecule has 1 amide bonds. The topological polar surface area (TPSA) is 33.5 Å². The minimum Gasteiger partial charge on any atom is -0.467 e. The van der Waals surface area contributed by atoms with Gasteiger partial charge in [-0.2, -0.15) is 0 Å². The number of amides is 1. The molecule has 0 bridgehead atoms. The van der Waals surface area contributed by atoms with Crippen molar-refractivity contribution in [2.45, 2.75) is 25.3 Å². The van der Waals surface area contributed by atoms with E-state index in [-0.39, 0.29) is 11.9 Å². The van der Waals surface area contributed by atoms with Gasteiger partial charge in [0.2, 0.25) is 5.91 Å². The number of halogens is 1. The lowest BCUT2D eigenvalue weighted by atomic mass is 10.1. The molecule has 2 heterocycles. The fourth-order valence-electron chi connectivity index (χ4n) is 2.72. The van der Waals surface area contributed by atoms with Crippen LogP contribution in [0.5, 0.6) is 0 Å². The molecule has 1 unspecified atom stereocenters. The molecule has 1 aromatic carbocycles. The lowest BCUT2D eigenvalue weighted by Gasteiger charge is -2.23. The molecule has 1 aliphatic heterocycles. The molecular formula is C16H16ClNO2. The molecule has 1 atom stereocenters. The number of hydrogen-bond donors (Lipinski definition) is 0. The van der Waals surface area contributed by atoms with Crippen LogP contribution in [0.2, 0.25) is 5.02 Å². The molecule has 1 aromatic heterocycles. The van der Waals surface area contributed by atoms with E-state index in [1.54, 1.807) is 6.26 Å². The van der Waals surface area contributed by atoms with Crippen molar-refractivity contribution >= 4 is 17.5 Å². The molecule has 0 aliphatic carbocycles. The molecule has 3 rings (SSSR count). The van der Waals surface area contributed by atoms with Crippen molar-refractivity contribution < 1.29 is 9.21 Å². The van der Waals surface area contributed by atoms with Crippen molar-refractivity contribution in [1.29, 1.82) is 0 Å². The molecule has 0 radical (unpaired) electrons. The van der Waals surface area contributed by atoms with Crippen LogP contribution in [0.25, 0.3) is 0 Å². The van der Waals surface area contributed by atoms with E-state index < -0.39 is 0 Å². The maximum Gasteiger partial charge on any atom is 0.227 e. The highest BCUT2D eigenvalue weighted by Gasteiger charge is 2.31. The SMILES string of the molecule is O=C(Cc1ccc(Cl)cc1)N1CCCC1c1ccco1. The second-order valence-electron chi connectivity index (χ2n) is 5.06. The minimum atomic E-state index is 0.0878. The third-order valence-electron chi connectivity index (χ3n) is 3.71. The van der Waals surface area contributed by atoms with Crippen molar-refractivity contribution in [3.8, 4) is 0 Å². The third kappa shape index (κ3) is 2.73. The number of rotatable bonds is 3. The van der Waals surface area contributed by atoms with Crippen molar-refractivity contribution in [3.05, 3.63) is 59.0 Å². The molecular weight excluding hydrogens is 274 g/mol. The number of likely N-dealkylation sites (tertiary alicyclic amines) is 1. The van der Waals surface area contributed by atoms with Gasteiger partial charge in [-0.05, 0) is 42.7 Å². The van der Waals surface area contributed by atoms with E-state index in [1.165, 1.54) is 0 Å². The summed E-state index contributed by atoms with van der Waals surface area (Å²) in [5.41, 5.74) is 0.990. The smallest absolute Gasteiger partial charge is 0.227 e. The molecule has 3 nitrogen and oxygen atoms in total. The Labute approximate surface area is 123 Å². The Hall–Kier alpha value is -1.74. The van der Waals surface area contributed by atoms with Crippen LogP contribution in [-0.2, 0) is 11.2 Å². The summed E-state index contributed by atoms with van der Waals surface area (Å²) < 4.78 is 5.45. The molecule has 1 fully saturated rings. The first-order valence-corrected chi connectivity index (χ1v) is 7.19. The lowest BCUT2D eigenvalue weighted by Crippen LogP contribution is -2.31. The molecule has 104 valence electrons. The van der Waals surface area contributed by atoms with Gasteiger partial charge >= 0.3 is 0 Å². The molecule has 20 heavy (non-hydrogen) atoms. The van der Waals surface area contributed by atoms with Crippen LogP contribution in [0.15, 0.2) is 47.1 Å². The molecule has 1 aliphatic rings. The largest absolute Gasteiger partial charge is 0.467 e. The summed E-state index contributed by atoms with van der Waals surface area (Å²) in [5.74, 6) is 1.03. The van der Waals surface area contributed by atoms with Crippen LogP contribution in [0.4, 0.5) is 0 Å². The second-order valence-corrected chi connectivity index (χ2v) is 5.50. The van der Waals surface area contributed by atoms with E-state index in [0.29, 0.717) is 11.4 Å². The van der Waals surface area contributed by atoms with Gasteiger partial charge in [-0.1, -0.05) is 23.7 Å². The fourth-order valence-corrected chi connectivity index (χ4v) is 2.85. The zero-order valence-electron chi connectivity index (χ0n) is 11.1. The number of furan rings is 1. The number of carbonyl (C=O) groups excluding carboxylic acids is 1. The normalized spacial score (nSPS) is 18.4. The summed E-state index contributed by atoms with van der Waals surface area (Å²) in [5, 5.41) is 0.691. The van der Waals surface area contributed by atoms with E-state index >= 15 is 0 Å². The monoisotopic (exact) mass is 289 g/mol. The van der Waals surface area contributed by atoms with Crippen molar-refractivity contribution in [2.24, 2.45) is 0 Å². The Morgan fingerprint density at radius 1 is 1.30 bits per heavy atom. The summed E-state index contributed by atoms with van der Waals surface area (Å²) in [7, 11) is 0. The molecule has 2 aromatic rings. The average Bonchev–Trinajstić information content (AvgIpc) is 3.11. The minimum absolute atomic E-state index is 0.0878. The van der Waals surface area contributed by atoms with E-state index in [4.69, 9.17) is 16.0 Å². The number of benzene rings is 1. The summed E-state index contributed by atoms with van der Waals surface area (Å²) in [6, 6.07) is 11.3. The first-order valence-electron chi connectivity index (χ1n) is 6.81. The van der Waals surface area contributed by atoms with Gasteiger partial charge in [-0.3, -0.25) is 4.79 Å².